The summed E-state index contributed by atoms with van der Waals surface area (Å²) in [6.07, 6.45) is -3.28. The van der Waals surface area contributed by atoms with Crippen molar-refractivity contribution >= 4 is 44.7 Å². The minimum Gasteiger partial charge on any atom is -0.333 e. The number of halogens is 5. The predicted octanol–water partition coefficient (Wildman–Crippen LogP) is 5.17. The second-order valence-electron chi connectivity index (χ2n) is 4.10. The van der Waals surface area contributed by atoms with E-state index >= 15 is 0 Å². The topological polar surface area (TPSA) is 68.1 Å². The van der Waals surface area contributed by atoms with Crippen molar-refractivity contribution in [2.75, 3.05) is 5.32 Å². The minimum atomic E-state index is -4.56. The summed E-state index contributed by atoms with van der Waals surface area (Å²) in [7, 11) is 0. The van der Waals surface area contributed by atoms with Crippen molar-refractivity contribution in [1.29, 1.82) is 0 Å². The van der Waals surface area contributed by atoms with E-state index in [0.717, 1.165) is 18.2 Å². The quantitative estimate of drug-likeness (QED) is 0.574. The summed E-state index contributed by atoms with van der Waals surface area (Å²) in [5.41, 5.74) is -1.46. The molecule has 2 rings (SSSR count). The van der Waals surface area contributed by atoms with E-state index in [1.54, 1.807) is 0 Å². The summed E-state index contributed by atoms with van der Waals surface area (Å²) in [4.78, 5) is 14.0. The normalized spacial score (nSPS) is 11.3. The third-order valence-corrected chi connectivity index (χ3v) is 3.34. The van der Waals surface area contributed by atoms with Crippen LogP contribution in [-0.4, -0.2) is 9.91 Å². The van der Waals surface area contributed by atoms with Crippen LogP contribution < -0.4 is 5.32 Å². The number of alkyl halides is 3. The Morgan fingerprint density at radius 2 is 2.00 bits per heavy atom. The molecule has 1 aromatic heterocycles. The molecule has 0 unspecified atom stereocenters. The van der Waals surface area contributed by atoms with Crippen molar-refractivity contribution in [2.24, 2.45) is 0 Å². The molecule has 10 heteroatoms. The lowest BCUT2D eigenvalue weighted by Crippen LogP contribution is -2.06. The number of pyridine rings is 1. The number of nitrogens with one attached hydrogen (secondary N) is 1. The van der Waals surface area contributed by atoms with Crippen molar-refractivity contribution in [3.63, 3.8) is 0 Å². The summed E-state index contributed by atoms with van der Waals surface area (Å²) in [6.45, 7) is 0. The molecule has 5 nitrogen and oxygen atoms in total. The maximum Gasteiger partial charge on any atom is 0.416 e. The third-order valence-electron chi connectivity index (χ3n) is 2.58. The van der Waals surface area contributed by atoms with Crippen LogP contribution in [0, 0.1) is 10.1 Å². The number of nitro groups is 1. The Morgan fingerprint density at radius 1 is 1.32 bits per heavy atom. The average molecular weight is 397 g/mol. The van der Waals surface area contributed by atoms with E-state index in [1.807, 2.05) is 0 Å². The Bertz CT molecular complexity index is 740. The minimum absolute atomic E-state index is 0.0213. The SMILES string of the molecule is O=[N+]([O-])c1cc(Br)cnc1Nc1cc(C(F)(F)F)ccc1Cl. The highest BCUT2D eigenvalue weighted by atomic mass is 79.9. The molecule has 0 radical (unpaired) electrons. The molecule has 0 spiro atoms. The smallest absolute Gasteiger partial charge is 0.333 e. The zero-order chi connectivity index (χ0) is 16.5. The highest BCUT2D eigenvalue weighted by molar-refractivity contribution is 9.10. The maximum absolute atomic E-state index is 12.7. The van der Waals surface area contributed by atoms with Gasteiger partial charge >= 0.3 is 11.9 Å². The van der Waals surface area contributed by atoms with Gasteiger partial charge in [0.1, 0.15) is 0 Å². The number of hydrogen-bond donors (Lipinski definition) is 1. The molecule has 1 N–H and O–H groups in total. The first-order valence-electron chi connectivity index (χ1n) is 5.62. The summed E-state index contributed by atoms with van der Waals surface area (Å²) in [5.74, 6) is -0.213. The van der Waals surface area contributed by atoms with Crippen molar-refractivity contribution in [2.45, 2.75) is 6.18 Å². The average Bonchev–Trinajstić information content (AvgIpc) is 2.41. The Labute approximate surface area is 135 Å². The number of rotatable bonds is 3. The van der Waals surface area contributed by atoms with Gasteiger partial charge in [-0.25, -0.2) is 4.98 Å². The summed E-state index contributed by atoms with van der Waals surface area (Å²) in [5, 5.41) is 13.4. The fourth-order valence-electron chi connectivity index (χ4n) is 1.59. The second-order valence-corrected chi connectivity index (χ2v) is 5.42. The number of hydrogen-bond acceptors (Lipinski definition) is 4. The summed E-state index contributed by atoms with van der Waals surface area (Å²) < 4.78 is 38.5. The third kappa shape index (κ3) is 3.66. The molecule has 0 amide bonds. The molecule has 1 aromatic carbocycles. The van der Waals surface area contributed by atoms with Gasteiger partial charge in [-0.2, -0.15) is 13.2 Å². The molecule has 0 atom stereocenters. The number of aromatic nitrogens is 1. The van der Waals surface area contributed by atoms with Crippen LogP contribution >= 0.6 is 27.5 Å². The fraction of sp³-hybridized carbons (Fsp3) is 0.0833. The zero-order valence-corrected chi connectivity index (χ0v) is 12.8. The molecule has 1 heterocycles. The van der Waals surface area contributed by atoms with E-state index in [-0.39, 0.29) is 16.5 Å². The van der Waals surface area contributed by atoms with E-state index in [2.05, 4.69) is 26.2 Å². The molecule has 0 saturated carbocycles. The van der Waals surface area contributed by atoms with Gasteiger partial charge in [-0.05, 0) is 34.1 Å². The largest absolute Gasteiger partial charge is 0.416 e. The second kappa shape index (κ2) is 6.09. The lowest BCUT2D eigenvalue weighted by molar-refractivity contribution is -0.384. The summed E-state index contributed by atoms with van der Waals surface area (Å²) in [6, 6.07) is 3.81. The van der Waals surface area contributed by atoms with Gasteiger partial charge in [-0.15, -0.1) is 0 Å². The standard InChI is InChI=1S/C12H6BrClF3N3O2/c13-7-4-10(20(21)22)11(18-5-7)19-9-3-6(12(15,16)17)1-2-8(9)14/h1-5H,(H,18,19). The van der Waals surface area contributed by atoms with Crippen molar-refractivity contribution in [3.8, 4) is 0 Å². The van der Waals surface area contributed by atoms with E-state index in [9.17, 15) is 23.3 Å². The van der Waals surface area contributed by atoms with Gasteiger partial charge in [0.2, 0.25) is 5.82 Å². The van der Waals surface area contributed by atoms with E-state index in [4.69, 9.17) is 11.6 Å². The van der Waals surface area contributed by atoms with Crippen LogP contribution in [0.3, 0.4) is 0 Å². The van der Waals surface area contributed by atoms with Gasteiger partial charge in [0.05, 0.1) is 21.2 Å². The van der Waals surface area contributed by atoms with Crippen LogP contribution in [0.5, 0.6) is 0 Å². The van der Waals surface area contributed by atoms with Crippen molar-refractivity contribution in [1.82, 2.24) is 4.98 Å². The lowest BCUT2D eigenvalue weighted by atomic mass is 10.2. The van der Waals surface area contributed by atoms with Gasteiger partial charge in [0, 0.05) is 16.7 Å². The van der Waals surface area contributed by atoms with Crippen molar-refractivity contribution in [3.05, 3.63) is 55.6 Å². The van der Waals surface area contributed by atoms with Crippen LogP contribution in [0.2, 0.25) is 5.02 Å². The highest BCUT2D eigenvalue weighted by Gasteiger charge is 2.31. The van der Waals surface area contributed by atoms with Gasteiger partial charge < -0.3 is 5.32 Å². The van der Waals surface area contributed by atoms with Gasteiger partial charge in [0.15, 0.2) is 0 Å². The lowest BCUT2D eigenvalue weighted by Gasteiger charge is -2.12. The van der Waals surface area contributed by atoms with Crippen LogP contribution in [0.25, 0.3) is 0 Å². The first kappa shape index (κ1) is 16.5. The van der Waals surface area contributed by atoms with Gasteiger partial charge in [-0.3, -0.25) is 10.1 Å². The molecule has 22 heavy (non-hydrogen) atoms. The number of nitrogens with zero attached hydrogens (tertiary/aromatic N) is 2. The Balaban J connectivity index is 2.45. The predicted molar refractivity (Wildman–Crippen MR) is 78.3 cm³/mol. The number of anilines is 2. The molecule has 0 aliphatic carbocycles. The Hall–Kier alpha value is -1.87. The fourth-order valence-corrected chi connectivity index (χ4v) is 2.07. The highest BCUT2D eigenvalue weighted by Crippen LogP contribution is 2.36. The number of benzene rings is 1. The van der Waals surface area contributed by atoms with E-state index in [1.165, 1.54) is 12.3 Å². The van der Waals surface area contributed by atoms with E-state index < -0.39 is 22.4 Å². The van der Waals surface area contributed by atoms with Crippen molar-refractivity contribution < 1.29 is 18.1 Å². The molecule has 2 aromatic rings. The first-order valence-corrected chi connectivity index (χ1v) is 6.79. The Kier molecular flexibility index (Phi) is 4.57. The zero-order valence-electron chi connectivity index (χ0n) is 10.5. The van der Waals surface area contributed by atoms with Gasteiger partial charge in [-0.1, -0.05) is 11.6 Å². The first-order chi connectivity index (χ1) is 10.2. The molecule has 116 valence electrons. The molecule has 0 saturated heterocycles. The van der Waals surface area contributed by atoms with Crippen LogP contribution in [0.15, 0.2) is 34.9 Å². The van der Waals surface area contributed by atoms with Gasteiger partial charge in [0.25, 0.3) is 0 Å². The maximum atomic E-state index is 12.7. The molecule has 0 fully saturated rings. The Morgan fingerprint density at radius 3 is 2.59 bits per heavy atom. The van der Waals surface area contributed by atoms with Crippen LogP contribution in [0.4, 0.5) is 30.4 Å². The summed E-state index contributed by atoms with van der Waals surface area (Å²) >= 11 is 8.86. The molecule has 0 bridgehead atoms. The van der Waals surface area contributed by atoms with Crippen LogP contribution in [-0.2, 0) is 6.18 Å². The molecular weight excluding hydrogens is 391 g/mol. The molecule has 0 aliphatic heterocycles. The molecule has 0 aliphatic rings. The van der Waals surface area contributed by atoms with E-state index in [0.29, 0.717) is 4.47 Å². The van der Waals surface area contributed by atoms with Crippen LogP contribution in [0.1, 0.15) is 5.56 Å². The monoisotopic (exact) mass is 395 g/mol. The molecular formula is C12H6BrClF3N3O2.